The summed E-state index contributed by atoms with van der Waals surface area (Å²) in [7, 11) is 0. The Bertz CT molecular complexity index is 2080. The number of allylic oxidation sites excluding steroid dienone is 19. The van der Waals surface area contributed by atoms with Gasteiger partial charge in [0.1, 0.15) is 48.8 Å². The summed E-state index contributed by atoms with van der Waals surface area (Å²) < 4.78 is 22.9. The van der Waals surface area contributed by atoms with Crippen LogP contribution in [0.2, 0.25) is 0 Å². The molecule has 0 spiro atoms. The summed E-state index contributed by atoms with van der Waals surface area (Å²) >= 11 is 0. The highest BCUT2D eigenvalue weighted by atomic mass is 16.7. The normalized spacial score (nSPS) is 22.9. The topological polar surface area (TPSA) is 228 Å². The number of nitrogens with one attached hydrogen (secondary N) is 1. The lowest BCUT2D eigenvalue weighted by Crippen LogP contribution is -2.65. The molecule has 96 heavy (non-hydrogen) atoms. The van der Waals surface area contributed by atoms with Crippen molar-refractivity contribution >= 4 is 5.91 Å². The Labute approximate surface area is 584 Å². The number of aliphatic hydroxyl groups is 8. The predicted octanol–water partition coefficient (Wildman–Crippen LogP) is 17.2. The van der Waals surface area contributed by atoms with E-state index in [4.69, 9.17) is 18.9 Å². The number of hydrogen-bond acceptors (Lipinski definition) is 13. The summed E-state index contributed by atoms with van der Waals surface area (Å²) in [4.78, 5) is 13.4. The van der Waals surface area contributed by atoms with Crippen molar-refractivity contribution in [2.45, 2.75) is 370 Å². The quantitative estimate of drug-likeness (QED) is 0.0204. The van der Waals surface area contributed by atoms with Crippen LogP contribution in [-0.2, 0) is 23.7 Å². The largest absolute Gasteiger partial charge is 0.394 e. The van der Waals surface area contributed by atoms with Gasteiger partial charge >= 0.3 is 0 Å². The molecule has 0 aromatic rings. The summed E-state index contributed by atoms with van der Waals surface area (Å²) in [6, 6.07) is -0.932. The number of amides is 1. The number of carbonyl (C=O) groups excluding carboxylic acids is 1. The van der Waals surface area contributed by atoms with Gasteiger partial charge < -0.3 is 65.1 Å². The van der Waals surface area contributed by atoms with Crippen LogP contribution >= 0.6 is 0 Å². The molecule has 2 heterocycles. The zero-order valence-corrected chi connectivity index (χ0v) is 60.3. The molecule has 14 nitrogen and oxygen atoms in total. The fourth-order valence-corrected chi connectivity index (χ4v) is 12.1. The highest BCUT2D eigenvalue weighted by molar-refractivity contribution is 5.76. The minimum Gasteiger partial charge on any atom is -0.394 e. The average Bonchev–Trinajstić information content (AvgIpc) is 0.797. The Kier molecular flexibility index (Phi) is 59.7. The van der Waals surface area contributed by atoms with Crippen LogP contribution in [0.4, 0.5) is 0 Å². The smallest absolute Gasteiger partial charge is 0.220 e. The van der Waals surface area contributed by atoms with Crippen LogP contribution < -0.4 is 5.32 Å². The van der Waals surface area contributed by atoms with Gasteiger partial charge in [-0.2, -0.15) is 0 Å². The molecule has 552 valence electrons. The maximum absolute atomic E-state index is 13.4. The fourth-order valence-electron chi connectivity index (χ4n) is 12.1. The highest BCUT2D eigenvalue weighted by Crippen LogP contribution is 2.30. The third-order valence-corrected chi connectivity index (χ3v) is 18.2. The number of aliphatic hydroxyl groups excluding tert-OH is 8. The SMILES string of the molecule is CC/C=C\C/C=C\C/C=C\C/C=C\C/C=C\C/C=C\C/C=C\C/C=C\C/C=C\CCCCCCCCCC(=O)NC(COC1OC(CO)C(OC2OC(CO)C(O)C(O)C2O)C(O)C1O)C(O)/C=C/CCCCCCCCCCCCCCCCCCCCCCCCCCC. The molecular weight excluding hydrogens is 1210 g/mol. The molecule has 14 heteroatoms. The lowest BCUT2D eigenvalue weighted by molar-refractivity contribution is -0.359. The van der Waals surface area contributed by atoms with Crippen molar-refractivity contribution in [3.8, 4) is 0 Å². The minimum absolute atomic E-state index is 0.252. The second kappa shape index (κ2) is 64.7. The second-order valence-corrected chi connectivity index (χ2v) is 26.8. The van der Waals surface area contributed by atoms with Crippen molar-refractivity contribution in [1.82, 2.24) is 5.32 Å². The van der Waals surface area contributed by atoms with Gasteiger partial charge in [0.15, 0.2) is 12.6 Å². The van der Waals surface area contributed by atoms with E-state index in [1.165, 1.54) is 148 Å². The Morgan fingerprint density at radius 2 is 0.719 bits per heavy atom. The van der Waals surface area contributed by atoms with Crippen molar-refractivity contribution in [2.24, 2.45) is 0 Å². The number of unbranched alkanes of at least 4 members (excludes halogenated alkanes) is 32. The molecule has 0 radical (unpaired) electrons. The average molecular weight is 1350 g/mol. The lowest BCUT2D eigenvalue weighted by Gasteiger charge is -2.46. The first-order valence-electron chi connectivity index (χ1n) is 38.8. The second-order valence-electron chi connectivity index (χ2n) is 26.8. The molecule has 9 N–H and O–H groups in total. The number of carbonyl (C=O) groups is 1. The Morgan fingerprint density at radius 3 is 1.10 bits per heavy atom. The van der Waals surface area contributed by atoms with Crippen LogP contribution in [-0.4, -0.2) is 140 Å². The van der Waals surface area contributed by atoms with E-state index in [9.17, 15) is 45.6 Å². The van der Waals surface area contributed by atoms with Gasteiger partial charge in [-0.05, 0) is 89.9 Å². The van der Waals surface area contributed by atoms with E-state index in [2.05, 4.69) is 129 Å². The van der Waals surface area contributed by atoms with Crippen LogP contribution in [0.25, 0.3) is 0 Å². The third kappa shape index (κ3) is 47.4. The van der Waals surface area contributed by atoms with Gasteiger partial charge in [-0.25, -0.2) is 0 Å². The summed E-state index contributed by atoms with van der Waals surface area (Å²) in [5.74, 6) is -0.252. The lowest BCUT2D eigenvalue weighted by atomic mass is 9.97. The minimum atomic E-state index is -1.80. The van der Waals surface area contributed by atoms with Crippen molar-refractivity contribution in [1.29, 1.82) is 0 Å². The van der Waals surface area contributed by atoms with Gasteiger partial charge in [0.25, 0.3) is 0 Å². The highest BCUT2D eigenvalue weighted by Gasteiger charge is 2.51. The zero-order chi connectivity index (χ0) is 69.4. The molecule has 12 unspecified atom stereocenters. The van der Waals surface area contributed by atoms with Crippen molar-refractivity contribution in [3.05, 3.63) is 122 Å². The first-order chi connectivity index (χ1) is 47.1. The van der Waals surface area contributed by atoms with Gasteiger partial charge in [0, 0.05) is 6.42 Å². The Morgan fingerprint density at radius 1 is 0.385 bits per heavy atom. The molecule has 0 aliphatic carbocycles. The van der Waals surface area contributed by atoms with E-state index in [1.807, 2.05) is 6.08 Å². The predicted molar refractivity (Wildman–Crippen MR) is 396 cm³/mol. The number of rotatable bonds is 63. The molecule has 0 aromatic heterocycles. The summed E-state index contributed by atoms with van der Waals surface area (Å²) in [6.45, 7) is 2.70. The maximum atomic E-state index is 13.4. The standard InChI is InChI=1S/C82H141NO13/c1-3-5-7-9-11-13-15-17-19-21-23-25-27-29-31-32-33-34-35-36-37-38-40-42-44-46-48-50-52-54-56-58-60-62-64-66-74(87)83-70(69-93-81-79(92)77(90)80(73(68-85)95-81)96-82-78(91)76(89)75(88)72(67-84)94-82)71(86)65-63-61-59-57-55-53-51-49-47-45-43-41-39-30-28-26-24-22-20-18-16-14-12-10-8-6-4-2/h5,7,11,13,17,19,23,25,29,31,33-34,36-37,40,42,46,48,63,65,70-73,75-82,84-86,88-92H,3-4,6,8-10,12,14-16,18,20-22,24,26-28,30,32,35,38-39,41,43-45,47,49-62,64,66-69H2,1-2H3,(H,83,87)/b7-5-,13-11-,19-17-,25-23-,31-29-,34-33-,37-36-,42-40-,48-46-,65-63+. The molecule has 2 fully saturated rings. The van der Waals surface area contributed by atoms with Gasteiger partial charge in [-0.1, -0.05) is 322 Å². The van der Waals surface area contributed by atoms with Crippen molar-refractivity contribution < 1.29 is 64.6 Å². The maximum Gasteiger partial charge on any atom is 0.220 e. The monoisotopic (exact) mass is 1350 g/mol. The molecule has 0 aromatic carbocycles. The summed E-state index contributed by atoms with van der Waals surface area (Å²) in [5, 5.41) is 87.6. The molecule has 0 saturated carbocycles. The first kappa shape index (κ1) is 88.5. The van der Waals surface area contributed by atoms with Crippen molar-refractivity contribution in [3.63, 3.8) is 0 Å². The van der Waals surface area contributed by atoms with Crippen LogP contribution in [0.5, 0.6) is 0 Å². The molecule has 1 amide bonds. The van der Waals surface area contributed by atoms with E-state index >= 15 is 0 Å². The van der Waals surface area contributed by atoms with E-state index in [0.29, 0.717) is 6.42 Å². The van der Waals surface area contributed by atoms with E-state index in [1.54, 1.807) is 6.08 Å². The molecular formula is C82H141NO13. The van der Waals surface area contributed by atoms with Crippen LogP contribution in [0.3, 0.4) is 0 Å². The van der Waals surface area contributed by atoms with Crippen LogP contribution in [0.1, 0.15) is 296 Å². The number of ether oxygens (including phenoxy) is 4. The summed E-state index contributed by atoms with van der Waals surface area (Å²) in [6.07, 6.45) is 78.2. The van der Waals surface area contributed by atoms with E-state index in [0.717, 1.165) is 122 Å². The molecule has 2 saturated heterocycles. The Balaban J connectivity index is 1.66. The fraction of sp³-hybridized carbons (Fsp3) is 0.744. The Hall–Kier alpha value is -3.61. The van der Waals surface area contributed by atoms with Crippen LogP contribution in [0, 0.1) is 0 Å². The van der Waals surface area contributed by atoms with E-state index in [-0.39, 0.29) is 18.9 Å². The first-order valence-corrected chi connectivity index (χ1v) is 38.8. The third-order valence-electron chi connectivity index (χ3n) is 18.2. The molecule has 2 aliphatic rings. The van der Waals surface area contributed by atoms with Gasteiger partial charge in [0.2, 0.25) is 5.91 Å². The molecule has 2 aliphatic heterocycles. The molecule has 0 bridgehead atoms. The van der Waals surface area contributed by atoms with Crippen molar-refractivity contribution in [2.75, 3.05) is 19.8 Å². The van der Waals surface area contributed by atoms with Crippen LogP contribution in [0.15, 0.2) is 122 Å². The molecule has 2 rings (SSSR count). The number of hydrogen-bond donors (Lipinski definition) is 9. The zero-order valence-electron chi connectivity index (χ0n) is 60.3. The van der Waals surface area contributed by atoms with E-state index < -0.39 is 86.8 Å². The van der Waals surface area contributed by atoms with Gasteiger partial charge in [0.05, 0.1) is 32.0 Å². The van der Waals surface area contributed by atoms with Gasteiger partial charge in [-0.15, -0.1) is 0 Å². The molecule has 12 atom stereocenters. The van der Waals surface area contributed by atoms with Gasteiger partial charge in [-0.3, -0.25) is 4.79 Å². The summed E-state index contributed by atoms with van der Waals surface area (Å²) in [5.41, 5.74) is 0.